The first-order chi connectivity index (χ1) is 14.0. The molecule has 1 atom stereocenters. The van der Waals surface area contributed by atoms with Gasteiger partial charge in [-0.15, -0.1) is 0 Å². The summed E-state index contributed by atoms with van der Waals surface area (Å²) < 4.78 is 10.9. The molecule has 1 spiro atoms. The van der Waals surface area contributed by atoms with Crippen molar-refractivity contribution >= 4 is 23.7 Å². The smallest absolute Gasteiger partial charge is 0.313 e. The molecule has 2 fully saturated rings. The lowest BCUT2D eigenvalue weighted by Crippen LogP contribution is -2.69. The Bertz CT molecular complexity index is 845. The molecule has 0 bridgehead atoms. The van der Waals surface area contributed by atoms with E-state index >= 15 is 0 Å². The average molecular weight is 400 g/mol. The Kier molecular flexibility index (Phi) is 5.25. The largest absolute Gasteiger partial charge is 0.492 e. The van der Waals surface area contributed by atoms with Gasteiger partial charge in [0.25, 0.3) is 11.8 Å². The Morgan fingerprint density at radius 1 is 1.17 bits per heavy atom. The van der Waals surface area contributed by atoms with Crippen molar-refractivity contribution in [2.45, 2.75) is 44.1 Å². The number of hydrogen-bond donors (Lipinski definition) is 1. The van der Waals surface area contributed by atoms with Gasteiger partial charge in [-0.2, -0.15) is 0 Å². The molecule has 3 aliphatic rings. The summed E-state index contributed by atoms with van der Waals surface area (Å²) in [6, 6.07) is 7.49. The normalized spacial score (nSPS) is 23.0. The van der Waals surface area contributed by atoms with Gasteiger partial charge in [-0.05, 0) is 30.9 Å². The van der Waals surface area contributed by atoms with Crippen LogP contribution in [0, 0.1) is 5.92 Å². The van der Waals surface area contributed by atoms with Crippen molar-refractivity contribution in [1.29, 1.82) is 0 Å². The summed E-state index contributed by atoms with van der Waals surface area (Å²) in [6.07, 6.45) is 4.12. The molecule has 0 aromatic heterocycles. The number of nitrogens with one attached hydrogen (secondary N) is 1. The molecular weight excluding hydrogens is 376 g/mol. The molecule has 8 heteroatoms. The molecule has 2 aliphatic heterocycles. The number of benzene rings is 1. The fraction of sp³-hybridized carbons (Fsp3) is 0.524. The van der Waals surface area contributed by atoms with Crippen LogP contribution in [-0.4, -0.2) is 53.9 Å². The average Bonchev–Trinajstić information content (AvgIpc) is 2.75. The van der Waals surface area contributed by atoms with Crippen molar-refractivity contribution in [1.82, 2.24) is 10.2 Å². The van der Waals surface area contributed by atoms with E-state index in [2.05, 4.69) is 5.32 Å². The van der Waals surface area contributed by atoms with Gasteiger partial charge in [0.05, 0.1) is 5.92 Å². The molecule has 8 nitrogen and oxygen atoms in total. The van der Waals surface area contributed by atoms with E-state index < -0.39 is 41.8 Å². The number of nitrogens with zero attached hydrogens (tertiary/aromatic N) is 1. The van der Waals surface area contributed by atoms with Gasteiger partial charge >= 0.3 is 5.97 Å². The zero-order valence-electron chi connectivity index (χ0n) is 16.1. The van der Waals surface area contributed by atoms with Crippen LogP contribution in [0.25, 0.3) is 0 Å². The van der Waals surface area contributed by atoms with Gasteiger partial charge in [0.15, 0.2) is 6.61 Å². The van der Waals surface area contributed by atoms with Gasteiger partial charge in [0.2, 0.25) is 5.91 Å². The van der Waals surface area contributed by atoms with Crippen molar-refractivity contribution < 1.29 is 28.7 Å². The van der Waals surface area contributed by atoms with E-state index in [1.807, 2.05) is 24.3 Å². The van der Waals surface area contributed by atoms with Crippen LogP contribution in [0.15, 0.2) is 24.3 Å². The third-order valence-corrected chi connectivity index (χ3v) is 6.03. The number of imide groups is 1. The number of para-hydroxylation sites is 1. The number of esters is 1. The number of amides is 3. The van der Waals surface area contributed by atoms with Gasteiger partial charge in [0.1, 0.15) is 24.4 Å². The Labute approximate surface area is 168 Å². The molecule has 1 saturated carbocycles. The Hall–Kier alpha value is -2.90. The van der Waals surface area contributed by atoms with Crippen molar-refractivity contribution in [3.63, 3.8) is 0 Å². The van der Waals surface area contributed by atoms with Crippen LogP contribution < -0.4 is 10.1 Å². The van der Waals surface area contributed by atoms with Crippen molar-refractivity contribution in [2.75, 3.05) is 19.8 Å². The van der Waals surface area contributed by atoms with E-state index in [1.165, 1.54) is 4.90 Å². The van der Waals surface area contributed by atoms with Crippen LogP contribution in [0.2, 0.25) is 0 Å². The van der Waals surface area contributed by atoms with Crippen molar-refractivity contribution in [3.05, 3.63) is 29.8 Å². The lowest BCUT2D eigenvalue weighted by molar-refractivity contribution is -0.166. The van der Waals surface area contributed by atoms with Crippen LogP contribution in [0.3, 0.4) is 0 Å². The maximum atomic E-state index is 12.8. The van der Waals surface area contributed by atoms with Crippen LogP contribution in [-0.2, 0) is 30.3 Å². The van der Waals surface area contributed by atoms with Gasteiger partial charge in [0, 0.05) is 0 Å². The van der Waals surface area contributed by atoms with Crippen molar-refractivity contribution in [3.8, 4) is 5.75 Å². The van der Waals surface area contributed by atoms with E-state index in [9.17, 15) is 19.2 Å². The minimum absolute atomic E-state index is 0.192. The number of carbonyl (C=O) groups excluding carboxylic acids is 4. The standard InChI is InChI=1S/C21H24N2O6/c24-17-11-23(21(20(27)22-17)8-4-1-5-9-21)18(25)13-29-19(26)15-10-14-6-2-3-7-16(14)28-12-15/h2-3,6-7,15H,1,4-5,8-13H2,(H,22,24,27)/t15-/m0/s1. The number of piperazine rings is 1. The highest BCUT2D eigenvalue weighted by Gasteiger charge is 2.51. The number of fused-ring (bicyclic) bond motifs is 1. The van der Waals surface area contributed by atoms with E-state index in [0.717, 1.165) is 30.6 Å². The van der Waals surface area contributed by atoms with E-state index in [0.29, 0.717) is 19.3 Å². The number of rotatable bonds is 3. The summed E-state index contributed by atoms with van der Waals surface area (Å²) in [5, 5.41) is 2.35. The summed E-state index contributed by atoms with van der Waals surface area (Å²) >= 11 is 0. The third kappa shape index (κ3) is 3.71. The minimum Gasteiger partial charge on any atom is -0.492 e. The van der Waals surface area contributed by atoms with E-state index in [4.69, 9.17) is 9.47 Å². The molecule has 2 heterocycles. The molecule has 154 valence electrons. The van der Waals surface area contributed by atoms with Gasteiger partial charge in [-0.1, -0.05) is 37.5 Å². The van der Waals surface area contributed by atoms with Crippen LogP contribution >= 0.6 is 0 Å². The van der Waals surface area contributed by atoms with Crippen LogP contribution in [0.1, 0.15) is 37.7 Å². The first kappa shape index (κ1) is 19.4. The van der Waals surface area contributed by atoms with Crippen LogP contribution in [0.4, 0.5) is 0 Å². The predicted octanol–water partition coefficient (Wildman–Crippen LogP) is 0.969. The highest BCUT2D eigenvalue weighted by molar-refractivity contribution is 6.06. The summed E-state index contributed by atoms with van der Waals surface area (Å²) in [6.45, 7) is -0.486. The minimum atomic E-state index is -1.01. The molecular formula is C21H24N2O6. The molecule has 1 aliphatic carbocycles. The molecule has 1 aromatic rings. The predicted molar refractivity (Wildman–Crippen MR) is 101 cm³/mol. The summed E-state index contributed by atoms with van der Waals surface area (Å²) in [5.74, 6) is -1.70. The Morgan fingerprint density at radius 3 is 2.72 bits per heavy atom. The molecule has 4 rings (SSSR count). The fourth-order valence-corrected chi connectivity index (χ4v) is 4.47. The highest BCUT2D eigenvalue weighted by Crippen LogP contribution is 2.35. The lowest BCUT2D eigenvalue weighted by atomic mass is 9.78. The number of hydrogen-bond acceptors (Lipinski definition) is 6. The second-order valence-corrected chi connectivity index (χ2v) is 7.88. The molecule has 1 N–H and O–H groups in total. The Balaban J connectivity index is 1.40. The molecule has 29 heavy (non-hydrogen) atoms. The first-order valence-corrected chi connectivity index (χ1v) is 10.0. The quantitative estimate of drug-likeness (QED) is 0.599. The second kappa shape index (κ2) is 7.85. The highest BCUT2D eigenvalue weighted by atomic mass is 16.5. The maximum absolute atomic E-state index is 12.8. The summed E-state index contributed by atoms with van der Waals surface area (Å²) in [5.41, 5.74) is -0.0887. The monoisotopic (exact) mass is 400 g/mol. The molecule has 3 amide bonds. The molecule has 0 unspecified atom stereocenters. The number of carbonyl (C=O) groups is 4. The SMILES string of the molecule is O=C1CN(C(=O)COC(=O)[C@@H]2COc3ccccc3C2)C2(CCCCC2)C(=O)N1. The summed E-state index contributed by atoms with van der Waals surface area (Å²) in [7, 11) is 0. The maximum Gasteiger partial charge on any atom is 0.313 e. The van der Waals surface area contributed by atoms with E-state index in [-0.39, 0.29) is 13.2 Å². The lowest BCUT2D eigenvalue weighted by Gasteiger charge is -2.47. The Morgan fingerprint density at radius 2 is 1.93 bits per heavy atom. The fourth-order valence-electron chi connectivity index (χ4n) is 4.47. The van der Waals surface area contributed by atoms with Crippen molar-refractivity contribution in [2.24, 2.45) is 5.92 Å². The van der Waals surface area contributed by atoms with Crippen LogP contribution in [0.5, 0.6) is 5.75 Å². The molecule has 1 aromatic carbocycles. The van der Waals surface area contributed by atoms with Gasteiger partial charge in [-0.25, -0.2) is 0 Å². The topological polar surface area (TPSA) is 102 Å². The molecule has 1 saturated heterocycles. The number of ether oxygens (including phenoxy) is 2. The van der Waals surface area contributed by atoms with E-state index in [1.54, 1.807) is 0 Å². The first-order valence-electron chi connectivity index (χ1n) is 10.0. The molecule has 0 radical (unpaired) electrons. The summed E-state index contributed by atoms with van der Waals surface area (Å²) in [4.78, 5) is 51.0. The third-order valence-electron chi connectivity index (χ3n) is 6.03. The zero-order chi connectivity index (χ0) is 20.4. The van der Waals surface area contributed by atoms with Gasteiger partial charge < -0.3 is 14.4 Å². The van der Waals surface area contributed by atoms with Gasteiger partial charge in [-0.3, -0.25) is 24.5 Å². The zero-order valence-corrected chi connectivity index (χ0v) is 16.1. The second-order valence-electron chi connectivity index (χ2n) is 7.88.